The molecule has 0 saturated heterocycles. The number of hydrogen-bond donors (Lipinski definition) is 2. The number of aromatic nitrogens is 1. The molecule has 0 aliphatic heterocycles. The van der Waals surface area contributed by atoms with Gasteiger partial charge < -0.3 is 28.7 Å². The van der Waals surface area contributed by atoms with Gasteiger partial charge in [-0.2, -0.15) is 0 Å². The summed E-state index contributed by atoms with van der Waals surface area (Å²) < 4.78 is 22.6. The monoisotopic (exact) mass is 518 g/mol. The van der Waals surface area contributed by atoms with Crippen LogP contribution in [0.4, 0.5) is 4.79 Å². The number of aromatic hydroxyl groups is 1. The first-order valence-electron chi connectivity index (χ1n) is 12.1. The Morgan fingerprint density at radius 3 is 2.31 bits per heavy atom. The third-order valence-corrected chi connectivity index (χ3v) is 10.6. The topological polar surface area (TPSA) is 103 Å². The fraction of sp³-hybridized carbons (Fsp3) is 0.556. The highest BCUT2D eigenvalue weighted by Gasteiger charge is 2.37. The molecule has 9 heteroatoms. The maximum Gasteiger partial charge on any atom is 0.408 e. The lowest BCUT2D eigenvalue weighted by Crippen LogP contribution is -2.46. The SMILES string of the molecule is COc1ccc(Cc2nc(C(C)=C[C@@H](CO[Si](C)(C)C(C)(C)C)NC(=O)OC(C)(C)C)oc2O)cc1. The van der Waals surface area contributed by atoms with Gasteiger partial charge in [-0.25, -0.2) is 9.78 Å². The first kappa shape index (κ1) is 29.4. The Kier molecular flexibility index (Phi) is 9.42. The molecule has 200 valence electrons. The van der Waals surface area contributed by atoms with E-state index in [9.17, 15) is 9.90 Å². The third-order valence-electron chi connectivity index (χ3n) is 6.13. The molecule has 1 heterocycles. The van der Waals surface area contributed by atoms with Gasteiger partial charge >= 0.3 is 12.0 Å². The molecular weight excluding hydrogens is 476 g/mol. The predicted octanol–water partition coefficient (Wildman–Crippen LogP) is 6.30. The number of benzene rings is 1. The van der Waals surface area contributed by atoms with Gasteiger partial charge in [-0.15, -0.1) is 0 Å². The van der Waals surface area contributed by atoms with Crippen molar-refractivity contribution in [3.63, 3.8) is 0 Å². The van der Waals surface area contributed by atoms with Crippen LogP contribution in [-0.2, 0) is 15.6 Å². The minimum absolute atomic E-state index is 0.0208. The van der Waals surface area contributed by atoms with Crippen LogP contribution in [0.3, 0.4) is 0 Å². The summed E-state index contributed by atoms with van der Waals surface area (Å²) in [7, 11) is -0.447. The Morgan fingerprint density at radius 2 is 1.78 bits per heavy atom. The first-order valence-corrected chi connectivity index (χ1v) is 15.1. The molecule has 8 nitrogen and oxygen atoms in total. The number of rotatable bonds is 9. The van der Waals surface area contributed by atoms with Gasteiger partial charge in [0.25, 0.3) is 0 Å². The van der Waals surface area contributed by atoms with Crippen LogP contribution < -0.4 is 10.1 Å². The zero-order valence-corrected chi connectivity index (χ0v) is 24.3. The number of carbonyl (C=O) groups excluding carboxylic acids is 1. The summed E-state index contributed by atoms with van der Waals surface area (Å²) in [6, 6.07) is 7.05. The molecule has 1 aromatic carbocycles. The lowest BCUT2D eigenvalue weighted by molar-refractivity contribution is 0.0500. The highest BCUT2D eigenvalue weighted by atomic mass is 28.4. The van der Waals surface area contributed by atoms with Gasteiger partial charge in [0.2, 0.25) is 5.89 Å². The number of nitrogens with zero attached hydrogens (tertiary/aromatic N) is 1. The Hall–Kier alpha value is -2.78. The van der Waals surface area contributed by atoms with Gasteiger partial charge in [-0.3, -0.25) is 0 Å². The minimum Gasteiger partial charge on any atom is -0.497 e. The Bertz CT molecular complexity index is 1050. The van der Waals surface area contributed by atoms with E-state index in [0.717, 1.165) is 11.3 Å². The van der Waals surface area contributed by atoms with Crippen LogP contribution in [0.15, 0.2) is 34.8 Å². The average molecular weight is 519 g/mol. The highest BCUT2D eigenvalue weighted by Crippen LogP contribution is 2.36. The van der Waals surface area contributed by atoms with E-state index in [4.69, 9.17) is 18.3 Å². The van der Waals surface area contributed by atoms with Gasteiger partial charge in [0.05, 0.1) is 19.8 Å². The summed E-state index contributed by atoms with van der Waals surface area (Å²) in [6.07, 6.45) is 1.69. The van der Waals surface area contributed by atoms with Crippen molar-refractivity contribution in [2.24, 2.45) is 0 Å². The lowest BCUT2D eigenvalue weighted by Gasteiger charge is -2.37. The fourth-order valence-corrected chi connectivity index (χ4v) is 4.07. The van der Waals surface area contributed by atoms with Crippen molar-refractivity contribution in [3.8, 4) is 11.7 Å². The Morgan fingerprint density at radius 1 is 1.17 bits per heavy atom. The summed E-state index contributed by atoms with van der Waals surface area (Å²) in [5.74, 6) is 0.799. The van der Waals surface area contributed by atoms with Crippen LogP contribution in [0.5, 0.6) is 11.7 Å². The van der Waals surface area contributed by atoms with Crippen LogP contribution in [0.2, 0.25) is 18.1 Å². The second kappa shape index (κ2) is 11.5. The molecule has 0 saturated carbocycles. The van der Waals surface area contributed by atoms with Gasteiger partial charge in [0.1, 0.15) is 17.0 Å². The van der Waals surface area contributed by atoms with E-state index < -0.39 is 26.1 Å². The summed E-state index contributed by atoms with van der Waals surface area (Å²) in [6.45, 7) is 18.3. The highest BCUT2D eigenvalue weighted by molar-refractivity contribution is 6.74. The number of methoxy groups -OCH3 is 1. The van der Waals surface area contributed by atoms with Crippen molar-refractivity contribution in [2.45, 2.75) is 84.7 Å². The maximum atomic E-state index is 12.5. The van der Waals surface area contributed by atoms with E-state index in [0.29, 0.717) is 17.7 Å². The molecule has 0 aliphatic carbocycles. The molecule has 0 spiro atoms. The van der Waals surface area contributed by atoms with Gasteiger partial charge in [-0.05, 0) is 63.5 Å². The zero-order chi connectivity index (χ0) is 27.3. The van der Waals surface area contributed by atoms with E-state index in [1.165, 1.54) is 0 Å². The molecule has 36 heavy (non-hydrogen) atoms. The van der Waals surface area contributed by atoms with Gasteiger partial charge in [-0.1, -0.05) is 39.0 Å². The summed E-state index contributed by atoms with van der Waals surface area (Å²) >= 11 is 0. The summed E-state index contributed by atoms with van der Waals surface area (Å²) in [5.41, 5.74) is 1.42. The van der Waals surface area contributed by atoms with E-state index in [-0.39, 0.29) is 23.5 Å². The number of alkyl carbamates (subject to hydrolysis) is 1. The number of hydrogen-bond acceptors (Lipinski definition) is 7. The molecule has 0 fully saturated rings. The molecule has 2 rings (SSSR count). The second-order valence-corrected chi connectivity index (χ2v) is 16.3. The molecule has 1 amide bonds. The number of amides is 1. The quantitative estimate of drug-likeness (QED) is 0.376. The smallest absolute Gasteiger partial charge is 0.408 e. The number of nitrogens with one attached hydrogen (secondary N) is 1. The maximum absolute atomic E-state index is 12.5. The van der Waals surface area contributed by atoms with Crippen LogP contribution in [-0.4, -0.2) is 49.9 Å². The van der Waals surface area contributed by atoms with Crippen molar-refractivity contribution in [1.82, 2.24) is 10.3 Å². The standard InChI is InChI=1S/C27H42N2O6Si/c1-18(23-29-22(24(30)34-23)16-19-11-13-21(32-8)14-12-19)15-20(28-25(31)35-26(2,3)4)17-33-36(9,10)27(5,6)7/h11-15,20,30H,16-17H2,1-10H3,(H,28,31)/t20-/m0/s1. The van der Waals surface area contributed by atoms with Crippen molar-refractivity contribution in [3.05, 3.63) is 47.5 Å². The lowest BCUT2D eigenvalue weighted by atomic mass is 10.1. The largest absolute Gasteiger partial charge is 0.497 e. The van der Waals surface area contributed by atoms with Crippen molar-refractivity contribution >= 4 is 20.0 Å². The molecule has 1 aromatic heterocycles. The molecule has 0 radical (unpaired) electrons. The first-order chi connectivity index (χ1) is 16.5. The average Bonchev–Trinajstić information content (AvgIpc) is 3.11. The predicted molar refractivity (Wildman–Crippen MR) is 144 cm³/mol. The van der Waals surface area contributed by atoms with Gasteiger partial charge in [0, 0.05) is 12.0 Å². The van der Waals surface area contributed by atoms with Crippen LogP contribution in [0.25, 0.3) is 5.57 Å². The normalized spacial score (nSPS) is 13.9. The molecule has 0 bridgehead atoms. The van der Waals surface area contributed by atoms with Crippen molar-refractivity contribution < 1.29 is 28.2 Å². The zero-order valence-electron chi connectivity index (χ0n) is 23.3. The minimum atomic E-state index is -2.06. The second-order valence-electron chi connectivity index (χ2n) is 11.5. The molecule has 2 N–H and O–H groups in total. The van der Waals surface area contributed by atoms with Crippen LogP contribution >= 0.6 is 0 Å². The summed E-state index contributed by atoms with van der Waals surface area (Å²) in [4.78, 5) is 17.0. The van der Waals surface area contributed by atoms with Crippen LogP contribution in [0.1, 0.15) is 65.6 Å². The van der Waals surface area contributed by atoms with E-state index in [2.05, 4.69) is 44.2 Å². The third kappa shape index (κ3) is 8.71. The van der Waals surface area contributed by atoms with E-state index in [1.807, 2.05) is 58.0 Å². The van der Waals surface area contributed by atoms with Gasteiger partial charge in [0.15, 0.2) is 8.32 Å². The molecule has 0 aliphatic rings. The Labute approximate surface area is 216 Å². The molecule has 0 unspecified atom stereocenters. The Balaban J connectivity index is 2.24. The van der Waals surface area contributed by atoms with E-state index in [1.54, 1.807) is 7.11 Å². The van der Waals surface area contributed by atoms with Crippen molar-refractivity contribution in [1.29, 1.82) is 0 Å². The molecule has 1 atom stereocenters. The van der Waals surface area contributed by atoms with Crippen molar-refractivity contribution in [2.75, 3.05) is 13.7 Å². The number of carbonyl (C=O) groups is 1. The number of allylic oxidation sites excluding steroid dienone is 1. The number of oxazole rings is 1. The summed E-state index contributed by atoms with van der Waals surface area (Å²) in [5, 5.41) is 13.3. The number of ether oxygens (including phenoxy) is 2. The van der Waals surface area contributed by atoms with E-state index >= 15 is 0 Å². The molecule has 2 aromatic rings. The van der Waals surface area contributed by atoms with Crippen LogP contribution in [0, 0.1) is 0 Å². The fourth-order valence-electron chi connectivity index (χ4n) is 3.04. The molecular formula is C27H42N2O6Si.